The summed E-state index contributed by atoms with van der Waals surface area (Å²) in [5.41, 5.74) is 0.413. The maximum Gasteiger partial charge on any atom is 0.245 e. The molecule has 0 heterocycles. The Morgan fingerprint density at radius 1 is 1.04 bits per heavy atom. The van der Waals surface area contributed by atoms with Crippen molar-refractivity contribution in [1.29, 1.82) is 0 Å². The number of methoxy groups -OCH3 is 1. The first kappa shape index (κ1) is 21.9. The minimum atomic E-state index is -3.84. The Kier molecular flexibility index (Phi) is 7.10. The molecule has 0 spiro atoms. The number of benzene rings is 2. The molecule has 0 atom stereocenters. The smallest absolute Gasteiger partial charge is 0.245 e. The van der Waals surface area contributed by atoms with Crippen molar-refractivity contribution in [3.05, 3.63) is 50.4 Å². The van der Waals surface area contributed by atoms with Crippen LogP contribution >= 0.6 is 46.4 Å². The number of ether oxygens (including phenoxy) is 1. The molecule has 0 aliphatic rings. The van der Waals surface area contributed by atoms with Gasteiger partial charge in [0.15, 0.2) is 0 Å². The van der Waals surface area contributed by atoms with Gasteiger partial charge in [0.2, 0.25) is 15.9 Å². The van der Waals surface area contributed by atoms with Gasteiger partial charge in [-0.15, -0.1) is 0 Å². The summed E-state index contributed by atoms with van der Waals surface area (Å²) in [6.07, 6.45) is 0.948. The SMILES string of the molecule is COc1ccc(NC(=O)CN(c2cc(Cl)c(Cl)cc2Cl)S(C)(=O)=O)cc1Cl. The Morgan fingerprint density at radius 3 is 2.22 bits per heavy atom. The molecular formula is C16H14Cl4N2O4S. The molecule has 27 heavy (non-hydrogen) atoms. The van der Waals surface area contributed by atoms with Gasteiger partial charge in [-0.2, -0.15) is 0 Å². The molecule has 146 valence electrons. The molecule has 6 nitrogen and oxygen atoms in total. The van der Waals surface area contributed by atoms with Gasteiger partial charge >= 0.3 is 0 Å². The second-order valence-corrected chi connectivity index (χ2v) is 8.92. The van der Waals surface area contributed by atoms with E-state index in [0.29, 0.717) is 16.5 Å². The summed E-state index contributed by atoms with van der Waals surface area (Å²) in [5.74, 6) is -0.168. The average molecular weight is 472 g/mol. The van der Waals surface area contributed by atoms with E-state index < -0.39 is 22.5 Å². The van der Waals surface area contributed by atoms with Gasteiger partial charge in [-0.05, 0) is 30.3 Å². The highest BCUT2D eigenvalue weighted by Crippen LogP contribution is 2.35. The molecule has 0 fully saturated rings. The van der Waals surface area contributed by atoms with Crippen molar-refractivity contribution in [3.8, 4) is 5.75 Å². The summed E-state index contributed by atoms with van der Waals surface area (Å²) in [4.78, 5) is 12.4. The fraction of sp³-hybridized carbons (Fsp3) is 0.188. The lowest BCUT2D eigenvalue weighted by molar-refractivity contribution is -0.114. The number of amides is 1. The van der Waals surface area contributed by atoms with Crippen LogP contribution in [0.3, 0.4) is 0 Å². The second kappa shape index (κ2) is 8.75. The van der Waals surface area contributed by atoms with Crippen molar-refractivity contribution in [1.82, 2.24) is 0 Å². The van der Waals surface area contributed by atoms with Gasteiger partial charge in [0.05, 0.1) is 39.1 Å². The van der Waals surface area contributed by atoms with Gasteiger partial charge in [0.1, 0.15) is 12.3 Å². The molecular weight excluding hydrogens is 458 g/mol. The number of anilines is 2. The van der Waals surface area contributed by atoms with Crippen LogP contribution in [0.4, 0.5) is 11.4 Å². The van der Waals surface area contributed by atoms with E-state index in [9.17, 15) is 13.2 Å². The van der Waals surface area contributed by atoms with Gasteiger partial charge in [-0.25, -0.2) is 8.42 Å². The van der Waals surface area contributed by atoms with Gasteiger partial charge < -0.3 is 10.1 Å². The Bertz CT molecular complexity index is 983. The molecule has 0 saturated heterocycles. The monoisotopic (exact) mass is 470 g/mol. The number of sulfonamides is 1. The second-order valence-electron chi connectivity index (χ2n) is 5.38. The Balaban J connectivity index is 2.28. The first-order valence-corrected chi connectivity index (χ1v) is 10.6. The fourth-order valence-corrected chi connectivity index (χ4v) is 3.97. The molecule has 2 rings (SSSR count). The van der Waals surface area contributed by atoms with Crippen molar-refractivity contribution in [2.24, 2.45) is 0 Å². The van der Waals surface area contributed by atoms with Gasteiger partial charge in [0, 0.05) is 5.69 Å². The number of nitrogens with zero attached hydrogens (tertiary/aromatic N) is 1. The lowest BCUT2D eigenvalue weighted by Crippen LogP contribution is -2.37. The van der Waals surface area contributed by atoms with Crippen LogP contribution in [0.15, 0.2) is 30.3 Å². The Labute approximate surface area is 177 Å². The maximum atomic E-state index is 12.4. The minimum absolute atomic E-state index is 0.0371. The van der Waals surface area contributed by atoms with E-state index in [1.165, 1.54) is 25.3 Å². The Morgan fingerprint density at radius 2 is 1.67 bits per heavy atom. The molecule has 0 aliphatic heterocycles. The summed E-state index contributed by atoms with van der Waals surface area (Å²) in [7, 11) is -2.37. The zero-order valence-electron chi connectivity index (χ0n) is 14.1. The highest BCUT2D eigenvalue weighted by atomic mass is 35.5. The van der Waals surface area contributed by atoms with Crippen LogP contribution in [0.25, 0.3) is 0 Å². The minimum Gasteiger partial charge on any atom is -0.495 e. The lowest BCUT2D eigenvalue weighted by atomic mass is 10.3. The van der Waals surface area contributed by atoms with Crippen molar-refractivity contribution in [2.45, 2.75) is 0 Å². The van der Waals surface area contributed by atoms with E-state index in [1.54, 1.807) is 12.1 Å². The molecule has 2 aromatic rings. The lowest BCUT2D eigenvalue weighted by Gasteiger charge is -2.23. The molecule has 1 amide bonds. The standard InChI is InChI=1S/C16H14Cl4N2O4S/c1-26-15-4-3-9(5-13(15)20)21-16(23)8-22(27(2,24)25)14-7-11(18)10(17)6-12(14)19/h3-7H,8H2,1-2H3,(H,21,23). The number of hydrogen-bond acceptors (Lipinski definition) is 4. The van der Waals surface area contributed by atoms with Gasteiger partial charge in [0.25, 0.3) is 0 Å². The van der Waals surface area contributed by atoms with E-state index >= 15 is 0 Å². The van der Waals surface area contributed by atoms with Crippen LogP contribution in [0.1, 0.15) is 0 Å². The molecule has 0 radical (unpaired) electrons. The third kappa shape index (κ3) is 5.56. The molecule has 0 unspecified atom stereocenters. The Hall–Kier alpha value is -1.38. The largest absolute Gasteiger partial charge is 0.495 e. The third-order valence-electron chi connectivity index (χ3n) is 3.38. The first-order chi connectivity index (χ1) is 12.5. The highest BCUT2D eigenvalue weighted by molar-refractivity contribution is 7.92. The summed E-state index contributed by atoms with van der Waals surface area (Å²) in [5, 5.41) is 3.16. The number of carbonyl (C=O) groups is 1. The molecule has 11 heteroatoms. The molecule has 2 aromatic carbocycles. The molecule has 0 saturated carbocycles. The zero-order chi connectivity index (χ0) is 20.4. The van der Waals surface area contributed by atoms with E-state index in [-0.39, 0.29) is 20.8 Å². The molecule has 1 N–H and O–H groups in total. The predicted octanol–water partition coefficient (Wildman–Crippen LogP) is 4.71. The topological polar surface area (TPSA) is 75.7 Å². The van der Waals surface area contributed by atoms with Crippen molar-refractivity contribution in [2.75, 3.05) is 29.5 Å². The average Bonchev–Trinajstić information content (AvgIpc) is 2.55. The summed E-state index contributed by atoms with van der Waals surface area (Å²) in [6.45, 7) is -0.528. The van der Waals surface area contributed by atoms with Crippen molar-refractivity contribution < 1.29 is 17.9 Å². The number of halogens is 4. The van der Waals surface area contributed by atoms with Crippen LogP contribution in [-0.4, -0.2) is 34.2 Å². The van der Waals surface area contributed by atoms with Gasteiger partial charge in [-0.1, -0.05) is 46.4 Å². The fourth-order valence-electron chi connectivity index (χ4n) is 2.16. The number of carbonyl (C=O) groups excluding carboxylic acids is 1. The summed E-state index contributed by atoms with van der Waals surface area (Å²) >= 11 is 23.9. The number of rotatable bonds is 6. The van der Waals surface area contributed by atoms with Crippen LogP contribution in [0.2, 0.25) is 20.1 Å². The van der Waals surface area contributed by atoms with E-state index in [0.717, 1.165) is 10.6 Å². The quantitative estimate of drug-likeness (QED) is 0.618. The maximum absolute atomic E-state index is 12.4. The van der Waals surface area contributed by atoms with E-state index in [2.05, 4.69) is 5.32 Å². The first-order valence-electron chi connectivity index (χ1n) is 7.28. The number of nitrogens with one attached hydrogen (secondary N) is 1. The third-order valence-corrected chi connectivity index (χ3v) is 5.83. The molecule has 0 aromatic heterocycles. The highest BCUT2D eigenvalue weighted by Gasteiger charge is 2.24. The summed E-state index contributed by atoms with van der Waals surface area (Å²) in [6, 6.07) is 7.21. The van der Waals surface area contributed by atoms with Crippen molar-refractivity contribution >= 4 is 73.7 Å². The van der Waals surface area contributed by atoms with Gasteiger partial charge in [-0.3, -0.25) is 9.10 Å². The van der Waals surface area contributed by atoms with Crippen LogP contribution < -0.4 is 14.4 Å². The van der Waals surface area contributed by atoms with Crippen LogP contribution in [0, 0.1) is 0 Å². The van der Waals surface area contributed by atoms with E-state index in [4.69, 9.17) is 51.1 Å². The van der Waals surface area contributed by atoms with Crippen LogP contribution in [0.5, 0.6) is 5.75 Å². The zero-order valence-corrected chi connectivity index (χ0v) is 17.9. The molecule has 0 aliphatic carbocycles. The van der Waals surface area contributed by atoms with Crippen molar-refractivity contribution in [3.63, 3.8) is 0 Å². The summed E-state index contributed by atoms with van der Waals surface area (Å²) < 4.78 is 30.2. The number of hydrogen-bond donors (Lipinski definition) is 1. The normalized spacial score (nSPS) is 11.2. The van der Waals surface area contributed by atoms with Crippen LogP contribution in [-0.2, 0) is 14.8 Å². The van der Waals surface area contributed by atoms with E-state index in [1.807, 2.05) is 0 Å². The molecule has 0 bridgehead atoms. The predicted molar refractivity (Wildman–Crippen MR) is 110 cm³/mol.